The van der Waals surface area contributed by atoms with Gasteiger partial charge in [-0.05, 0) is 38.2 Å². The molecule has 2 rings (SSSR count). The molecule has 0 radical (unpaired) electrons. The van der Waals surface area contributed by atoms with Gasteiger partial charge in [0.05, 0.1) is 5.92 Å². The molecule has 1 atom stereocenters. The van der Waals surface area contributed by atoms with Gasteiger partial charge in [0.1, 0.15) is 5.78 Å². The minimum absolute atomic E-state index is 0.00139. The van der Waals surface area contributed by atoms with Crippen LogP contribution in [0.5, 0.6) is 0 Å². The Labute approximate surface area is 97.2 Å². The number of benzene rings is 1. The molecule has 0 unspecified atom stereocenters. The maximum Gasteiger partial charge on any atom is 0.141 e. The highest BCUT2D eigenvalue weighted by Crippen LogP contribution is 2.32. The van der Waals surface area contributed by atoms with Crippen LogP contribution in [-0.4, -0.2) is 5.78 Å². The van der Waals surface area contributed by atoms with Crippen molar-refractivity contribution in [2.45, 2.75) is 38.5 Å². The number of carbonyl (C=O) groups is 1. The van der Waals surface area contributed by atoms with Gasteiger partial charge in [0.2, 0.25) is 0 Å². The van der Waals surface area contributed by atoms with E-state index < -0.39 is 0 Å². The first-order valence-electron chi connectivity index (χ1n) is 6.03. The van der Waals surface area contributed by atoms with E-state index in [1.54, 1.807) is 6.92 Å². The van der Waals surface area contributed by atoms with Crippen molar-refractivity contribution in [2.24, 2.45) is 0 Å². The second-order valence-electron chi connectivity index (χ2n) is 4.48. The smallest absolute Gasteiger partial charge is 0.141 e. The first-order chi connectivity index (χ1) is 7.79. The molecule has 1 aliphatic rings. The molecule has 84 valence electrons. The van der Waals surface area contributed by atoms with Crippen LogP contribution in [0.25, 0.3) is 0 Å². The zero-order chi connectivity index (χ0) is 11.4. The summed E-state index contributed by atoms with van der Waals surface area (Å²) < 4.78 is 0. The van der Waals surface area contributed by atoms with Crippen LogP contribution in [-0.2, 0) is 4.79 Å². The molecule has 1 heteroatoms. The highest BCUT2D eigenvalue weighted by atomic mass is 16.1. The maximum absolute atomic E-state index is 11.8. The van der Waals surface area contributed by atoms with E-state index in [0.717, 1.165) is 18.4 Å². The predicted octanol–water partition coefficient (Wildman–Crippen LogP) is 3.86. The van der Waals surface area contributed by atoms with Gasteiger partial charge in [-0.2, -0.15) is 0 Å². The van der Waals surface area contributed by atoms with Gasteiger partial charge >= 0.3 is 0 Å². The highest BCUT2D eigenvalue weighted by Gasteiger charge is 2.21. The summed E-state index contributed by atoms with van der Waals surface area (Å²) in [7, 11) is 0. The van der Waals surface area contributed by atoms with Crippen molar-refractivity contribution in [1.82, 2.24) is 0 Å². The molecular formula is C15H18O. The number of Topliss-reactive ketones (excluding diaryl/α,β-unsaturated/α-hetero) is 1. The predicted molar refractivity (Wildman–Crippen MR) is 66.4 cm³/mol. The van der Waals surface area contributed by atoms with Crippen LogP contribution >= 0.6 is 0 Å². The fourth-order valence-corrected chi connectivity index (χ4v) is 2.48. The molecule has 1 aliphatic carbocycles. The first kappa shape index (κ1) is 11.1. The van der Waals surface area contributed by atoms with E-state index >= 15 is 0 Å². The molecular weight excluding hydrogens is 196 g/mol. The Morgan fingerprint density at radius 1 is 1.19 bits per heavy atom. The molecule has 0 saturated heterocycles. The van der Waals surface area contributed by atoms with Crippen molar-refractivity contribution >= 4 is 5.78 Å². The summed E-state index contributed by atoms with van der Waals surface area (Å²) in [5, 5.41) is 0. The lowest BCUT2D eigenvalue weighted by Crippen LogP contribution is -2.13. The summed E-state index contributed by atoms with van der Waals surface area (Å²) in [4.78, 5) is 11.8. The second kappa shape index (κ2) is 5.11. The number of hydrogen-bond acceptors (Lipinski definition) is 1. The molecule has 0 fully saturated rings. The fraction of sp³-hybridized carbons (Fsp3) is 0.400. The van der Waals surface area contributed by atoms with Crippen molar-refractivity contribution in [3.8, 4) is 0 Å². The summed E-state index contributed by atoms with van der Waals surface area (Å²) in [5.41, 5.74) is 2.47. The van der Waals surface area contributed by atoms with Crippen LogP contribution in [0.2, 0.25) is 0 Å². The minimum atomic E-state index is 0.00139. The van der Waals surface area contributed by atoms with Crippen molar-refractivity contribution in [3.05, 3.63) is 47.5 Å². The summed E-state index contributed by atoms with van der Waals surface area (Å²) in [6.07, 6.45) is 6.97. The van der Waals surface area contributed by atoms with E-state index in [0.29, 0.717) is 0 Å². The lowest BCUT2D eigenvalue weighted by molar-refractivity contribution is -0.117. The van der Waals surface area contributed by atoms with Gasteiger partial charge in [-0.15, -0.1) is 0 Å². The fourth-order valence-electron chi connectivity index (χ4n) is 2.48. The Morgan fingerprint density at radius 3 is 2.50 bits per heavy atom. The van der Waals surface area contributed by atoms with Crippen molar-refractivity contribution < 1.29 is 4.79 Å². The Bertz CT molecular complexity index is 389. The lowest BCUT2D eigenvalue weighted by atomic mass is 9.82. The minimum Gasteiger partial charge on any atom is -0.299 e. The molecule has 0 amide bonds. The van der Waals surface area contributed by atoms with Crippen molar-refractivity contribution in [2.75, 3.05) is 0 Å². The number of ketones is 1. The van der Waals surface area contributed by atoms with Crippen LogP contribution in [0.4, 0.5) is 0 Å². The summed E-state index contributed by atoms with van der Waals surface area (Å²) in [5.74, 6) is 0.265. The van der Waals surface area contributed by atoms with Crippen molar-refractivity contribution in [3.63, 3.8) is 0 Å². The highest BCUT2D eigenvalue weighted by molar-refractivity contribution is 5.86. The summed E-state index contributed by atoms with van der Waals surface area (Å²) in [6, 6.07) is 10.1. The summed E-state index contributed by atoms with van der Waals surface area (Å²) in [6.45, 7) is 1.70. The topological polar surface area (TPSA) is 17.1 Å². The van der Waals surface area contributed by atoms with Crippen LogP contribution in [0.1, 0.15) is 44.1 Å². The third kappa shape index (κ3) is 2.41. The monoisotopic (exact) mass is 214 g/mol. The van der Waals surface area contributed by atoms with Gasteiger partial charge in [0.15, 0.2) is 0 Å². The van der Waals surface area contributed by atoms with Gasteiger partial charge in [-0.25, -0.2) is 0 Å². The van der Waals surface area contributed by atoms with E-state index in [4.69, 9.17) is 0 Å². The molecule has 0 N–H and O–H groups in total. The summed E-state index contributed by atoms with van der Waals surface area (Å²) >= 11 is 0. The number of hydrogen-bond donors (Lipinski definition) is 0. The normalized spacial score (nSPS) is 17.7. The first-order valence-corrected chi connectivity index (χ1v) is 6.03. The van der Waals surface area contributed by atoms with E-state index in [9.17, 15) is 4.79 Å². The molecule has 0 aliphatic heterocycles. The Morgan fingerprint density at radius 2 is 1.94 bits per heavy atom. The molecule has 16 heavy (non-hydrogen) atoms. The third-order valence-electron chi connectivity index (χ3n) is 3.24. The largest absolute Gasteiger partial charge is 0.299 e. The van der Waals surface area contributed by atoms with E-state index in [2.05, 4.69) is 18.2 Å². The number of rotatable bonds is 3. The maximum atomic E-state index is 11.8. The Balaban J connectivity index is 2.31. The average molecular weight is 214 g/mol. The number of allylic oxidation sites excluding steroid dienone is 2. The molecule has 0 saturated carbocycles. The van der Waals surface area contributed by atoms with Gasteiger partial charge in [0, 0.05) is 0 Å². The van der Waals surface area contributed by atoms with E-state index in [1.165, 1.54) is 18.4 Å². The Hall–Kier alpha value is -1.37. The average Bonchev–Trinajstić information content (AvgIpc) is 2.31. The van der Waals surface area contributed by atoms with Gasteiger partial charge in [0.25, 0.3) is 0 Å². The van der Waals surface area contributed by atoms with Crippen LogP contribution in [0.3, 0.4) is 0 Å². The zero-order valence-electron chi connectivity index (χ0n) is 9.78. The molecule has 0 bridgehead atoms. The second-order valence-corrected chi connectivity index (χ2v) is 4.48. The molecule has 1 nitrogen and oxygen atoms in total. The standard InChI is InChI=1S/C15H18O/c1-12(16)15(13-8-4-2-5-9-13)14-10-6-3-7-11-14/h2,4-5,8-10,15H,3,6-7,11H2,1H3/t15-/m0/s1. The van der Waals surface area contributed by atoms with E-state index in [1.807, 2.05) is 18.2 Å². The van der Waals surface area contributed by atoms with Crippen molar-refractivity contribution in [1.29, 1.82) is 0 Å². The lowest BCUT2D eigenvalue weighted by Gasteiger charge is -2.21. The third-order valence-corrected chi connectivity index (χ3v) is 3.24. The van der Waals surface area contributed by atoms with Crippen LogP contribution in [0.15, 0.2) is 42.0 Å². The SMILES string of the molecule is CC(=O)[C@H](C1=CCCCC1)c1ccccc1. The molecule has 0 aromatic heterocycles. The molecule has 1 aromatic carbocycles. The quantitative estimate of drug-likeness (QED) is 0.698. The van der Waals surface area contributed by atoms with Gasteiger partial charge in [-0.3, -0.25) is 4.79 Å². The van der Waals surface area contributed by atoms with Gasteiger partial charge in [-0.1, -0.05) is 42.0 Å². The molecule has 1 aromatic rings. The van der Waals surface area contributed by atoms with E-state index in [-0.39, 0.29) is 11.7 Å². The molecule has 0 heterocycles. The Kier molecular flexibility index (Phi) is 3.55. The van der Waals surface area contributed by atoms with Crippen LogP contribution in [0, 0.1) is 0 Å². The van der Waals surface area contributed by atoms with Crippen LogP contribution < -0.4 is 0 Å². The molecule has 0 spiro atoms. The zero-order valence-corrected chi connectivity index (χ0v) is 9.78. The number of carbonyl (C=O) groups excluding carboxylic acids is 1. The van der Waals surface area contributed by atoms with Gasteiger partial charge < -0.3 is 0 Å².